The number of fused-ring (bicyclic) bond motifs is 1. The van der Waals surface area contributed by atoms with Crippen LogP contribution < -0.4 is 11.3 Å². The zero-order chi connectivity index (χ0) is 29.3. The SMILES string of the molecule is CCCc1c(Cc2ccc(-c3ccccc3-c3noc(=O)[nH]3)cc2)c(=O)n(C2[C@@H]3CC4C[C@H]2CC(O)(C4)C3)c2ncnn12. The quantitative estimate of drug-likeness (QED) is 0.290. The summed E-state index contributed by atoms with van der Waals surface area (Å²) in [6.45, 7) is 2.12. The number of H-pyrrole nitrogens is 1. The van der Waals surface area contributed by atoms with Gasteiger partial charge in [0.25, 0.3) is 5.56 Å². The van der Waals surface area contributed by atoms with Crippen LogP contribution in [0.2, 0.25) is 0 Å². The smallest absolute Gasteiger partial charge is 0.390 e. The zero-order valence-electron chi connectivity index (χ0n) is 24.1. The molecule has 5 atom stereocenters. The predicted octanol–water partition coefficient (Wildman–Crippen LogP) is 4.56. The molecule has 3 unspecified atom stereocenters. The highest BCUT2D eigenvalue weighted by Crippen LogP contribution is 2.59. The van der Waals surface area contributed by atoms with Gasteiger partial charge in [0.1, 0.15) is 6.33 Å². The Balaban J connectivity index is 1.19. The Morgan fingerprint density at radius 2 is 1.77 bits per heavy atom. The van der Waals surface area contributed by atoms with Gasteiger partial charge in [-0.05, 0) is 73.0 Å². The Morgan fingerprint density at radius 1 is 1.02 bits per heavy atom. The number of hydrogen-bond acceptors (Lipinski definition) is 7. The second kappa shape index (κ2) is 9.87. The van der Waals surface area contributed by atoms with Crippen LogP contribution in [-0.2, 0) is 12.8 Å². The Labute approximate surface area is 247 Å². The number of nitrogens with one attached hydrogen (secondary N) is 1. The molecule has 220 valence electrons. The predicted molar refractivity (Wildman–Crippen MR) is 160 cm³/mol. The summed E-state index contributed by atoms with van der Waals surface area (Å²) in [4.78, 5) is 33.4. The van der Waals surface area contributed by atoms with Crippen molar-refractivity contribution in [3.63, 3.8) is 0 Å². The number of hydrogen-bond donors (Lipinski definition) is 2. The molecule has 4 aliphatic carbocycles. The Hall–Kier alpha value is -4.31. The number of aromatic amines is 1. The van der Waals surface area contributed by atoms with Gasteiger partial charge in [-0.3, -0.25) is 18.9 Å². The highest BCUT2D eigenvalue weighted by atomic mass is 16.5. The summed E-state index contributed by atoms with van der Waals surface area (Å²) in [5.74, 6) is 1.52. The van der Waals surface area contributed by atoms with Crippen LogP contribution >= 0.6 is 0 Å². The summed E-state index contributed by atoms with van der Waals surface area (Å²) in [6, 6.07) is 15.9. The summed E-state index contributed by atoms with van der Waals surface area (Å²) in [6.07, 6.45) is 8.20. The Kier molecular flexibility index (Phi) is 6.04. The fraction of sp³-hybridized carbons (Fsp3) is 0.424. The lowest BCUT2D eigenvalue weighted by Crippen LogP contribution is -2.56. The minimum Gasteiger partial charge on any atom is -0.390 e. The van der Waals surface area contributed by atoms with Gasteiger partial charge in [-0.1, -0.05) is 67.0 Å². The molecule has 0 saturated heterocycles. The van der Waals surface area contributed by atoms with Gasteiger partial charge in [0.15, 0.2) is 5.82 Å². The standard InChI is InChI=1S/C33H34N6O4/c1-2-5-27-26(14-19-8-10-21(11-9-19)24-6-3-4-7-25(24)29-36-32(41)43-37-29)30(40)38(31-34-18-35-39(27)31)28-22-12-20-13-23(28)17-33(42,15-20)16-22/h3-4,6-11,18,20,22-23,28,42H,2,5,12-17H2,1H3,(H,36,37,41)/t20?,22-,23+,28?,33?. The molecule has 0 amide bonds. The van der Waals surface area contributed by atoms with Crippen LogP contribution in [0.5, 0.6) is 0 Å². The second-order valence-corrected chi connectivity index (χ2v) is 12.9. The number of nitrogens with zero attached hydrogens (tertiary/aromatic N) is 5. The summed E-state index contributed by atoms with van der Waals surface area (Å²) in [7, 11) is 0. The average molecular weight is 579 g/mol. The van der Waals surface area contributed by atoms with Gasteiger partial charge in [0.2, 0.25) is 5.78 Å². The molecule has 0 spiro atoms. The number of benzene rings is 2. The van der Waals surface area contributed by atoms with Crippen molar-refractivity contribution in [1.29, 1.82) is 0 Å². The Bertz CT molecular complexity index is 1930. The van der Waals surface area contributed by atoms with Gasteiger partial charge in [-0.15, -0.1) is 0 Å². The molecule has 10 heteroatoms. The lowest BCUT2D eigenvalue weighted by atomic mass is 9.52. The Morgan fingerprint density at radius 3 is 2.44 bits per heavy atom. The molecule has 9 rings (SSSR count). The van der Waals surface area contributed by atoms with Crippen molar-refractivity contribution < 1.29 is 9.63 Å². The first-order valence-electron chi connectivity index (χ1n) is 15.3. The van der Waals surface area contributed by atoms with E-state index in [9.17, 15) is 14.7 Å². The van der Waals surface area contributed by atoms with Crippen LogP contribution in [0.25, 0.3) is 28.3 Å². The molecule has 0 radical (unpaired) electrons. The van der Waals surface area contributed by atoms with Gasteiger partial charge in [-0.25, -0.2) is 9.31 Å². The van der Waals surface area contributed by atoms with Crippen LogP contribution in [0.3, 0.4) is 0 Å². The van der Waals surface area contributed by atoms with Gasteiger partial charge in [0.05, 0.1) is 11.3 Å². The number of aliphatic hydroxyl groups is 1. The molecule has 10 nitrogen and oxygen atoms in total. The number of rotatable bonds is 7. The molecule has 4 fully saturated rings. The van der Waals surface area contributed by atoms with Crippen LogP contribution in [0.4, 0.5) is 0 Å². The van der Waals surface area contributed by atoms with E-state index in [4.69, 9.17) is 4.52 Å². The van der Waals surface area contributed by atoms with Crippen molar-refractivity contribution in [3.05, 3.63) is 92.6 Å². The van der Waals surface area contributed by atoms with Gasteiger partial charge in [0, 0.05) is 23.6 Å². The number of aryl methyl sites for hydroxylation is 1. The molecule has 4 bridgehead atoms. The largest absolute Gasteiger partial charge is 0.439 e. The molecule has 2 aromatic carbocycles. The molecule has 3 heterocycles. The fourth-order valence-corrected chi connectivity index (χ4v) is 8.69. The molecule has 43 heavy (non-hydrogen) atoms. The van der Waals surface area contributed by atoms with Crippen LogP contribution in [0.15, 0.2) is 69.0 Å². The van der Waals surface area contributed by atoms with E-state index >= 15 is 0 Å². The average Bonchev–Trinajstić information content (AvgIpc) is 3.65. The monoisotopic (exact) mass is 578 g/mol. The molecule has 0 aliphatic heterocycles. The normalized spacial score (nSPS) is 26.0. The van der Waals surface area contributed by atoms with Crippen LogP contribution in [0, 0.1) is 17.8 Å². The maximum absolute atomic E-state index is 14.6. The first-order valence-corrected chi connectivity index (χ1v) is 15.3. The van der Waals surface area contributed by atoms with E-state index in [2.05, 4.69) is 39.3 Å². The molecule has 3 aromatic heterocycles. The maximum atomic E-state index is 14.6. The van der Waals surface area contributed by atoms with Gasteiger partial charge >= 0.3 is 5.76 Å². The summed E-state index contributed by atoms with van der Waals surface area (Å²) in [5.41, 5.74) is 4.81. The van der Waals surface area contributed by atoms with Crippen molar-refractivity contribution in [2.24, 2.45) is 17.8 Å². The molecule has 4 aliphatic rings. The summed E-state index contributed by atoms with van der Waals surface area (Å²) in [5, 5.41) is 19.7. The zero-order valence-corrected chi connectivity index (χ0v) is 24.1. The third-order valence-corrected chi connectivity index (χ3v) is 10.1. The third kappa shape index (κ3) is 4.30. The second-order valence-electron chi connectivity index (χ2n) is 12.9. The molecule has 4 saturated carbocycles. The lowest BCUT2D eigenvalue weighted by Gasteiger charge is -2.58. The van der Waals surface area contributed by atoms with Crippen LogP contribution in [0.1, 0.15) is 68.3 Å². The first kappa shape index (κ1) is 26.3. The van der Waals surface area contributed by atoms with E-state index in [1.54, 1.807) is 6.33 Å². The van der Waals surface area contributed by atoms with E-state index in [-0.39, 0.29) is 23.4 Å². The van der Waals surface area contributed by atoms with E-state index in [0.29, 0.717) is 23.9 Å². The first-order chi connectivity index (χ1) is 20.9. The minimum atomic E-state index is -0.595. The van der Waals surface area contributed by atoms with E-state index in [1.165, 1.54) is 0 Å². The van der Waals surface area contributed by atoms with Crippen molar-refractivity contribution >= 4 is 5.78 Å². The van der Waals surface area contributed by atoms with Crippen molar-refractivity contribution in [1.82, 2.24) is 29.3 Å². The fourth-order valence-electron chi connectivity index (χ4n) is 8.69. The van der Waals surface area contributed by atoms with E-state index in [1.807, 2.05) is 45.5 Å². The van der Waals surface area contributed by atoms with Gasteiger partial charge < -0.3 is 5.11 Å². The molecular weight excluding hydrogens is 544 g/mol. The van der Waals surface area contributed by atoms with Crippen molar-refractivity contribution in [2.45, 2.75) is 69.9 Å². The summed E-state index contributed by atoms with van der Waals surface area (Å²) >= 11 is 0. The molecular formula is C33H34N6O4. The highest BCUT2D eigenvalue weighted by molar-refractivity contribution is 5.80. The number of aromatic nitrogens is 6. The molecule has 5 aromatic rings. The van der Waals surface area contributed by atoms with Gasteiger partial charge in [-0.2, -0.15) is 10.1 Å². The van der Waals surface area contributed by atoms with E-state index < -0.39 is 11.4 Å². The molecule has 2 N–H and O–H groups in total. The topological polar surface area (TPSA) is 131 Å². The van der Waals surface area contributed by atoms with Crippen molar-refractivity contribution in [3.8, 4) is 22.5 Å². The van der Waals surface area contributed by atoms with Crippen molar-refractivity contribution in [2.75, 3.05) is 0 Å². The van der Waals surface area contributed by atoms with E-state index in [0.717, 1.165) is 78.5 Å². The maximum Gasteiger partial charge on any atom is 0.439 e. The minimum absolute atomic E-state index is 0.0258. The lowest BCUT2D eigenvalue weighted by molar-refractivity contribution is -0.147. The summed E-state index contributed by atoms with van der Waals surface area (Å²) < 4.78 is 8.57. The third-order valence-electron chi connectivity index (χ3n) is 10.1. The van der Waals surface area contributed by atoms with Crippen LogP contribution in [-0.4, -0.2) is 40.0 Å². The highest BCUT2D eigenvalue weighted by Gasteiger charge is 2.56.